The highest BCUT2D eigenvalue weighted by Crippen LogP contribution is 2.26. The fourth-order valence-electron chi connectivity index (χ4n) is 1.89. The van der Waals surface area contributed by atoms with Gasteiger partial charge >= 0.3 is 0 Å². The molecule has 0 aliphatic carbocycles. The van der Waals surface area contributed by atoms with Crippen LogP contribution in [0.5, 0.6) is 0 Å². The van der Waals surface area contributed by atoms with Gasteiger partial charge in [0.05, 0.1) is 6.04 Å². The number of aryl methyl sites for hydroxylation is 2. The first kappa shape index (κ1) is 12.0. The van der Waals surface area contributed by atoms with Gasteiger partial charge in [0, 0.05) is 22.1 Å². The zero-order valence-electron chi connectivity index (χ0n) is 10.0. The van der Waals surface area contributed by atoms with Crippen molar-refractivity contribution in [1.82, 2.24) is 5.32 Å². The highest BCUT2D eigenvalue weighted by molar-refractivity contribution is 8.13. The van der Waals surface area contributed by atoms with Crippen molar-refractivity contribution in [3.63, 3.8) is 0 Å². The lowest BCUT2D eigenvalue weighted by molar-refractivity contribution is 0.716. The van der Waals surface area contributed by atoms with E-state index in [0.29, 0.717) is 6.04 Å². The molecule has 2 heterocycles. The van der Waals surface area contributed by atoms with Crippen molar-refractivity contribution >= 4 is 28.3 Å². The molecule has 2 nitrogen and oxygen atoms in total. The van der Waals surface area contributed by atoms with Crippen LogP contribution < -0.4 is 5.32 Å². The van der Waals surface area contributed by atoms with Gasteiger partial charge in [0.15, 0.2) is 5.17 Å². The molecular formula is C12H18N2S2. The van der Waals surface area contributed by atoms with Crippen LogP contribution in [0, 0.1) is 13.8 Å². The third kappa shape index (κ3) is 2.80. The average Bonchev–Trinajstić information content (AvgIpc) is 2.59. The van der Waals surface area contributed by atoms with Crippen LogP contribution in [0.2, 0.25) is 0 Å². The van der Waals surface area contributed by atoms with Crippen molar-refractivity contribution < 1.29 is 0 Å². The van der Waals surface area contributed by atoms with Gasteiger partial charge in [0.2, 0.25) is 0 Å². The molecule has 1 unspecified atom stereocenters. The molecule has 88 valence electrons. The molecule has 0 amide bonds. The Morgan fingerprint density at radius 2 is 2.25 bits per heavy atom. The Kier molecular flexibility index (Phi) is 3.92. The quantitative estimate of drug-likeness (QED) is 0.873. The zero-order valence-corrected chi connectivity index (χ0v) is 11.7. The molecular weight excluding hydrogens is 236 g/mol. The number of thiophene rings is 1. The van der Waals surface area contributed by atoms with Crippen LogP contribution in [-0.4, -0.2) is 17.5 Å². The lowest BCUT2D eigenvalue weighted by atomic mass is 10.1. The van der Waals surface area contributed by atoms with E-state index in [1.807, 2.05) is 23.1 Å². The molecule has 4 heteroatoms. The van der Waals surface area contributed by atoms with E-state index in [9.17, 15) is 0 Å². The van der Waals surface area contributed by atoms with Gasteiger partial charge in [-0.1, -0.05) is 11.8 Å². The van der Waals surface area contributed by atoms with Crippen LogP contribution in [0.1, 0.15) is 34.7 Å². The molecule has 1 aliphatic heterocycles. The summed E-state index contributed by atoms with van der Waals surface area (Å²) in [5, 5.41) is 4.62. The Hall–Kier alpha value is -0.480. The van der Waals surface area contributed by atoms with Crippen molar-refractivity contribution in [2.24, 2.45) is 4.99 Å². The zero-order chi connectivity index (χ0) is 11.5. The van der Waals surface area contributed by atoms with E-state index in [4.69, 9.17) is 0 Å². The number of nitrogens with zero attached hydrogens (tertiary/aromatic N) is 1. The van der Waals surface area contributed by atoms with Gasteiger partial charge < -0.3 is 5.32 Å². The summed E-state index contributed by atoms with van der Waals surface area (Å²) < 4.78 is 0. The Labute approximate surface area is 106 Å². The first-order chi connectivity index (χ1) is 7.66. The normalized spacial score (nSPS) is 18.1. The molecule has 0 aromatic carbocycles. The number of hydrogen-bond donors (Lipinski definition) is 1. The van der Waals surface area contributed by atoms with Crippen LogP contribution in [0.4, 0.5) is 0 Å². The SMILES string of the molecule is Cc1cc(C(C)NC2=NCCCS2)c(C)s1. The maximum atomic E-state index is 4.50. The summed E-state index contributed by atoms with van der Waals surface area (Å²) in [6.07, 6.45) is 1.21. The smallest absolute Gasteiger partial charge is 0.157 e. The van der Waals surface area contributed by atoms with Gasteiger partial charge in [-0.3, -0.25) is 4.99 Å². The van der Waals surface area contributed by atoms with Gasteiger partial charge in [-0.25, -0.2) is 0 Å². The number of aliphatic imine (C=N–C) groups is 1. The van der Waals surface area contributed by atoms with Crippen LogP contribution in [0.3, 0.4) is 0 Å². The van der Waals surface area contributed by atoms with Crippen LogP contribution in [-0.2, 0) is 0 Å². The minimum atomic E-state index is 0.370. The van der Waals surface area contributed by atoms with E-state index in [1.54, 1.807) is 0 Å². The first-order valence-electron chi connectivity index (χ1n) is 5.67. The minimum absolute atomic E-state index is 0.370. The van der Waals surface area contributed by atoms with Crippen molar-refractivity contribution in [3.8, 4) is 0 Å². The summed E-state index contributed by atoms with van der Waals surface area (Å²) in [7, 11) is 0. The highest BCUT2D eigenvalue weighted by atomic mass is 32.2. The van der Waals surface area contributed by atoms with Crippen LogP contribution >= 0.6 is 23.1 Å². The summed E-state index contributed by atoms with van der Waals surface area (Å²) in [4.78, 5) is 7.31. The maximum absolute atomic E-state index is 4.50. The van der Waals surface area contributed by atoms with E-state index >= 15 is 0 Å². The summed E-state index contributed by atoms with van der Waals surface area (Å²) in [5.74, 6) is 1.19. The fourth-order valence-corrected chi connectivity index (χ4v) is 3.82. The predicted molar refractivity (Wildman–Crippen MR) is 74.7 cm³/mol. The average molecular weight is 254 g/mol. The lowest BCUT2D eigenvalue weighted by Crippen LogP contribution is -2.26. The van der Waals surface area contributed by atoms with Gasteiger partial charge in [-0.15, -0.1) is 11.3 Å². The van der Waals surface area contributed by atoms with Gasteiger partial charge in [0.1, 0.15) is 0 Å². The summed E-state index contributed by atoms with van der Waals surface area (Å²) >= 11 is 3.71. The Bertz CT molecular complexity index is 396. The third-order valence-corrected chi connectivity index (χ3v) is 4.68. The molecule has 2 rings (SSSR count). The topological polar surface area (TPSA) is 24.4 Å². The van der Waals surface area contributed by atoms with E-state index in [1.165, 1.54) is 27.5 Å². The summed E-state index contributed by atoms with van der Waals surface area (Å²) in [6, 6.07) is 2.65. The Balaban J connectivity index is 2.04. The van der Waals surface area contributed by atoms with Crippen LogP contribution in [0.15, 0.2) is 11.1 Å². The van der Waals surface area contributed by atoms with Gasteiger partial charge in [-0.2, -0.15) is 0 Å². The van der Waals surface area contributed by atoms with E-state index < -0.39 is 0 Å². The van der Waals surface area contributed by atoms with Crippen molar-refractivity contribution in [2.75, 3.05) is 12.3 Å². The fraction of sp³-hybridized carbons (Fsp3) is 0.583. The maximum Gasteiger partial charge on any atom is 0.157 e. The van der Waals surface area contributed by atoms with Gasteiger partial charge in [-0.05, 0) is 38.8 Å². The summed E-state index contributed by atoms with van der Waals surface area (Å²) in [6.45, 7) is 7.55. The molecule has 1 aliphatic rings. The Morgan fingerprint density at radius 3 is 2.81 bits per heavy atom. The molecule has 16 heavy (non-hydrogen) atoms. The molecule has 1 aromatic heterocycles. The number of thioether (sulfide) groups is 1. The second-order valence-electron chi connectivity index (χ2n) is 4.12. The number of hydrogen-bond acceptors (Lipinski definition) is 4. The highest BCUT2D eigenvalue weighted by Gasteiger charge is 2.14. The largest absolute Gasteiger partial charge is 0.358 e. The van der Waals surface area contributed by atoms with Crippen molar-refractivity contribution in [3.05, 3.63) is 21.4 Å². The number of nitrogens with one attached hydrogen (secondary N) is 1. The Morgan fingerprint density at radius 1 is 1.44 bits per heavy atom. The van der Waals surface area contributed by atoms with Crippen LogP contribution in [0.25, 0.3) is 0 Å². The third-order valence-electron chi connectivity index (χ3n) is 2.68. The van der Waals surface area contributed by atoms with E-state index in [2.05, 4.69) is 37.1 Å². The van der Waals surface area contributed by atoms with E-state index in [0.717, 1.165) is 11.7 Å². The predicted octanol–water partition coefficient (Wildman–Crippen LogP) is 3.51. The molecule has 0 fully saturated rings. The molecule has 1 N–H and O–H groups in total. The number of rotatable bonds is 2. The standard InChI is InChI=1S/C12H18N2S2/c1-8-7-11(10(3)16-8)9(2)14-12-13-5-4-6-15-12/h7,9H,4-6H2,1-3H3,(H,13,14). The lowest BCUT2D eigenvalue weighted by Gasteiger charge is -2.19. The molecule has 0 saturated carbocycles. The molecule has 1 aromatic rings. The number of amidine groups is 1. The monoisotopic (exact) mass is 254 g/mol. The van der Waals surface area contributed by atoms with Gasteiger partial charge in [0.25, 0.3) is 0 Å². The molecule has 1 atom stereocenters. The molecule has 0 saturated heterocycles. The molecule has 0 spiro atoms. The second-order valence-corrected chi connectivity index (χ2v) is 6.67. The van der Waals surface area contributed by atoms with Crippen molar-refractivity contribution in [2.45, 2.75) is 33.2 Å². The molecule has 0 radical (unpaired) electrons. The minimum Gasteiger partial charge on any atom is -0.358 e. The first-order valence-corrected chi connectivity index (χ1v) is 7.48. The van der Waals surface area contributed by atoms with E-state index in [-0.39, 0.29) is 0 Å². The second kappa shape index (κ2) is 5.23. The summed E-state index contributed by atoms with van der Waals surface area (Å²) in [5.41, 5.74) is 1.41. The molecule has 0 bridgehead atoms. The van der Waals surface area contributed by atoms with Crippen molar-refractivity contribution in [1.29, 1.82) is 0 Å².